The number of nitrogens with zero attached hydrogens (tertiary/aromatic N) is 2. The van der Waals surface area contributed by atoms with Crippen molar-refractivity contribution in [1.29, 1.82) is 0 Å². The van der Waals surface area contributed by atoms with Crippen molar-refractivity contribution in [2.24, 2.45) is 5.10 Å². The molecule has 1 aliphatic rings. The van der Waals surface area contributed by atoms with E-state index < -0.39 is 0 Å². The molecule has 1 atom stereocenters. The number of nitrogens with one attached hydrogen (secondary N) is 1. The van der Waals surface area contributed by atoms with Crippen molar-refractivity contribution in [3.05, 3.63) is 78.4 Å². The fourth-order valence-corrected chi connectivity index (χ4v) is 3.24. The van der Waals surface area contributed by atoms with Gasteiger partial charge in [-0.3, -0.25) is 9.59 Å². The zero-order chi connectivity index (χ0) is 20.6. The molecule has 1 N–H and O–H groups in total. The van der Waals surface area contributed by atoms with Crippen LogP contribution in [-0.4, -0.2) is 36.2 Å². The van der Waals surface area contributed by atoms with E-state index in [1.165, 1.54) is 5.01 Å². The normalized spacial score (nSPS) is 15.6. The summed E-state index contributed by atoms with van der Waals surface area (Å²) in [5.41, 5.74) is 2.82. The van der Waals surface area contributed by atoms with Crippen LogP contribution in [0, 0.1) is 0 Å². The number of methoxy groups -OCH3 is 1. The van der Waals surface area contributed by atoms with Gasteiger partial charge in [0.2, 0.25) is 11.8 Å². The van der Waals surface area contributed by atoms with Crippen molar-refractivity contribution in [3.63, 3.8) is 0 Å². The molecule has 0 saturated carbocycles. The van der Waals surface area contributed by atoms with Crippen molar-refractivity contribution in [3.8, 4) is 5.75 Å². The molecule has 6 heteroatoms. The zero-order valence-corrected chi connectivity index (χ0v) is 16.5. The van der Waals surface area contributed by atoms with Gasteiger partial charge in [0.15, 0.2) is 0 Å². The first kappa shape index (κ1) is 20.3. The van der Waals surface area contributed by atoms with E-state index in [4.69, 9.17) is 4.74 Å². The molecule has 6 nitrogen and oxygen atoms in total. The fraction of sp³-hybridized carbons (Fsp3) is 0.261. The SMILES string of the molecule is C=CCNC(=O)CCC(=O)N1N=C(c2ccccc2)C[C@H]1c1ccc(OC)cc1. The van der Waals surface area contributed by atoms with Gasteiger partial charge < -0.3 is 10.1 Å². The highest BCUT2D eigenvalue weighted by atomic mass is 16.5. The smallest absolute Gasteiger partial charge is 0.243 e. The summed E-state index contributed by atoms with van der Waals surface area (Å²) < 4.78 is 5.23. The van der Waals surface area contributed by atoms with E-state index in [9.17, 15) is 9.59 Å². The maximum Gasteiger partial charge on any atom is 0.243 e. The molecule has 150 valence electrons. The molecule has 2 aromatic rings. The Morgan fingerprint density at radius 1 is 1.17 bits per heavy atom. The molecule has 0 spiro atoms. The second kappa shape index (κ2) is 9.68. The summed E-state index contributed by atoms with van der Waals surface area (Å²) in [6.07, 6.45) is 2.44. The van der Waals surface area contributed by atoms with Crippen LogP contribution in [0.4, 0.5) is 0 Å². The molecule has 0 aliphatic carbocycles. The molecular formula is C23H25N3O3. The first-order chi connectivity index (χ1) is 14.1. The second-order valence-electron chi connectivity index (χ2n) is 6.74. The molecule has 2 aromatic carbocycles. The maximum atomic E-state index is 12.9. The third-order valence-electron chi connectivity index (χ3n) is 4.78. The number of ether oxygens (including phenoxy) is 1. The van der Waals surface area contributed by atoms with E-state index >= 15 is 0 Å². The lowest BCUT2D eigenvalue weighted by Crippen LogP contribution is -2.29. The van der Waals surface area contributed by atoms with Crippen molar-refractivity contribution in [2.45, 2.75) is 25.3 Å². The van der Waals surface area contributed by atoms with Crippen molar-refractivity contribution in [2.75, 3.05) is 13.7 Å². The largest absolute Gasteiger partial charge is 0.497 e. The Kier molecular flexibility index (Phi) is 6.79. The van der Waals surface area contributed by atoms with Crippen LogP contribution in [-0.2, 0) is 9.59 Å². The lowest BCUT2D eigenvalue weighted by molar-refractivity contribution is -0.135. The third kappa shape index (κ3) is 5.10. The topological polar surface area (TPSA) is 71.0 Å². The molecule has 0 bridgehead atoms. The Hall–Kier alpha value is -3.41. The number of hydrogen-bond acceptors (Lipinski definition) is 4. The number of amides is 2. The molecule has 2 amide bonds. The lowest BCUT2D eigenvalue weighted by Gasteiger charge is -2.22. The number of carbonyl (C=O) groups is 2. The van der Waals surface area contributed by atoms with Crippen LogP contribution in [0.2, 0.25) is 0 Å². The molecule has 0 radical (unpaired) electrons. The summed E-state index contributed by atoms with van der Waals surface area (Å²) >= 11 is 0. The summed E-state index contributed by atoms with van der Waals surface area (Å²) in [7, 11) is 1.62. The van der Waals surface area contributed by atoms with Gasteiger partial charge in [0.05, 0.1) is 18.9 Å². The average molecular weight is 391 g/mol. The fourth-order valence-electron chi connectivity index (χ4n) is 3.24. The van der Waals surface area contributed by atoms with E-state index in [2.05, 4.69) is 17.0 Å². The Morgan fingerprint density at radius 3 is 2.55 bits per heavy atom. The van der Waals surface area contributed by atoms with Crippen LogP contribution in [0.1, 0.15) is 36.4 Å². The van der Waals surface area contributed by atoms with Gasteiger partial charge in [-0.1, -0.05) is 48.5 Å². The molecule has 0 fully saturated rings. The second-order valence-corrected chi connectivity index (χ2v) is 6.74. The number of rotatable bonds is 8. The predicted molar refractivity (Wildman–Crippen MR) is 113 cm³/mol. The van der Waals surface area contributed by atoms with E-state index in [0.717, 1.165) is 22.6 Å². The Labute approximate surface area is 170 Å². The minimum atomic E-state index is -0.208. The Balaban J connectivity index is 1.79. The summed E-state index contributed by atoms with van der Waals surface area (Å²) in [5.74, 6) is 0.406. The molecule has 0 aromatic heterocycles. The summed E-state index contributed by atoms with van der Waals surface area (Å²) in [5, 5.41) is 8.83. The first-order valence-corrected chi connectivity index (χ1v) is 9.59. The van der Waals surface area contributed by atoms with Gasteiger partial charge in [-0.2, -0.15) is 5.10 Å². The summed E-state index contributed by atoms with van der Waals surface area (Å²) in [6, 6.07) is 17.3. The van der Waals surface area contributed by atoms with Crippen LogP contribution in [0.5, 0.6) is 5.75 Å². The van der Waals surface area contributed by atoms with Crippen molar-refractivity contribution < 1.29 is 14.3 Å². The van der Waals surface area contributed by atoms with Gasteiger partial charge >= 0.3 is 0 Å². The van der Waals surface area contributed by atoms with Crippen molar-refractivity contribution in [1.82, 2.24) is 10.3 Å². The molecule has 29 heavy (non-hydrogen) atoms. The number of hydrazone groups is 1. The van der Waals surface area contributed by atoms with Gasteiger partial charge in [0.1, 0.15) is 5.75 Å². The molecule has 3 rings (SSSR count). The van der Waals surface area contributed by atoms with Crippen LogP contribution in [0.25, 0.3) is 0 Å². The quantitative estimate of drug-likeness (QED) is 0.701. The number of hydrogen-bond donors (Lipinski definition) is 1. The highest BCUT2D eigenvalue weighted by Crippen LogP contribution is 2.34. The Morgan fingerprint density at radius 2 is 1.90 bits per heavy atom. The van der Waals surface area contributed by atoms with Crippen LogP contribution in [0.3, 0.4) is 0 Å². The van der Waals surface area contributed by atoms with E-state index in [0.29, 0.717) is 13.0 Å². The maximum absolute atomic E-state index is 12.9. The minimum Gasteiger partial charge on any atom is -0.497 e. The number of benzene rings is 2. The van der Waals surface area contributed by atoms with Gasteiger partial charge in [-0.05, 0) is 23.3 Å². The standard InChI is InChI=1S/C23H25N3O3/c1-3-15-24-22(27)13-14-23(28)26-21(18-9-11-19(29-2)12-10-18)16-20(25-26)17-7-5-4-6-8-17/h3-12,21H,1,13-16H2,2H3,(H,24,27)/t21-/m0/s1. The average Bonchev–Trinajstić information content (AvgIpc) is 3.22. The van der Waals surface area contributed by atoms with E-state index in [1.807, 2.05) is 54.6 Å². The lowest BCUT2D eigenvalue weighted by atomic mass is 9.98. The Bertz CT molecular complexity index is 891. The highest BCUT2D eigenvalue weighted by molar-refractivity contribution is 6.03. The van der Waals surface area contributed by atoms with Crippen LogP contribution in [0.15, 0.2) is 72.4 Å². The van der Waals surface area contributed by atoms with E-state index in [-0.39, 0.29) is 30.7 Å². The third-order valence-corrected chi connectivity index (χ3v) is 4.78. The van der Waals surface area contributed by atoms with Crippen LogP contribution >= 0.6 is 0 Å². The first-order valence-electron chi connectivity index (χ1n) is 9.59. The molecule has 0 unspecified atom stereocenters. The van der Waals surface area contributed by atoms with Crippen molar-refractivity contribution >= 4 is 17.5 Å². The monoisotopic (exact) mass is 391 g/mol. The van der Waals surface area contributed by atoms with Gasteiger partial charge in [0, 0.05) is 25.8 Å². The molecule has 0 saturated heterocycles. The molecular weight excluding hydrogens is 366 g/mol. The van der Waals surface area contributed by atoms with Gasteiger partial charge in [0.25, 0.3) is 0 Å². The summed E-state index contributed by atoms with van der Waals surface area (Å²) in [6.45, 7) is 3.96. The number of carbonyl (C=O) groups excluding carboxylic acids is 2. The zero-order valence-electron chi connectivity index (χ0n) is 16.5. The predicted octanol–water partition coefficient (Wildman–Crippen LogP) is 3.46. The highest BCUT2D eigenvalue weighted by Gasteiger charge is 2.33. The molecule has 1 heterocycles. The van der Waals surface area contributed by atoms with Gasteiger partial charge in [-0.15, -0.1) is 6.58 Å². The van der Waals surface area contributed by atoms with E-state index in [1.54, 1.807) is 13.2 Å². The van der Waals surface area contributed by atoms with Crippen LogP contribution < -0.4 is 10.1 Å². The van der Waals surface area contributed by atoms with Gasteiger partial charge in [-0.25, -0.2) is 5.01 Å². The molecule has 1 aliphatic heterocycles. The minimum absolute atomic E-state index is 0.0984. The summed E-state index contributed by atoms with van der Waals surface area (Å²) in [4.78, 5) is 24.8.